The fourth-order valence-electron chi connectivity index (χ4n) is 3.79. The van der Waals surface area contributed by atoms with Crippen LogP contribution < -0.4 is 10.5 Å². The minimum absolute atomic E-state index is 0.0630. The molecule has 0 N–H and O–H groups in total. The van der Waals surface area contributed by atoms with E-state index in [0.717, 1.165) is 48.1 Å². The highest BCUT2D eigenvalue weighted by molar-refractivity contribution is 5.58. The van der Waals surface area contributed by atoms with E-state index in [-0.39, 0.29) is 5.56 Å². The van der Waals surface area contributed by atoms with Crippen LogP contribution in [-0.2, 0) is 13.1 Å². The van der Waals surface area contributed by atoms with E-state index in [1.807, 2.05) is 47.9 Å². The Morgan fingerprint density at radius 1 is 0.964 bits per heavy atom. The highest BCUT2D eigenvalue weighted by Gasteiger charge is 2.27. The summed E-state index contributed by atoms with van der Waals surface area (Å²) < 4.78 is 1.83. The lowest BCUT2D eigenvalue weighted by atomic mass is 10.1. The number of aromatic nitrogens is 2. The van der Waals surface area contributed by atoms with Gasteiger partial charge in [0.05, 0.1) is 19.0 Å². The van der Waals surface area contributed by atoms with E-state index in [9.17, 15) is 4.79 Å². The number of hydrogen-bond donors (Lipinski definition) is 0. The third-order valence-corrected chi connectivity index (χ3v) is 5.20. The average Bonchev–Trinajstić information content (AvgIpc) is 2.73. The van der Waals surface area contributed by atoms with Crippen molar-refractivity contribution in [3.63, 3.8) is 0 Å². The van der Waals surface area contributed by atoms with Crippen LogP contribution in [0.3, 0.4) is 0 Å². The third-order valence-electron chi connectivity index (χ3n) is 5.20. The van der Waals surface area contributed by atoms with Crippen molar-refractivity contribution in [1.82, 2.24) is 14.5 Å². The van der Waals surface area contributed by atoms with Crippen molar-refractivity contribution in [3.05, 3.63) is 87.8 Å². The van der Waals surface area contributed by atoms with Gasteiger partial charge in [-0.1, -0.05) is 55.5 Å². The monoisotopic (exact) mass is 374 g/mol. The predicted octanol–water partition coefficient (Wildman–Crippen LogP) is 3.92. The van der Waals surface area contributed by atoms with Crippen molar-refractivity contribution in [2.45, 2.75) is 33.4 Å². The standard InChI is InChI=1S/C23H26N4O/c1-3-14-25-16-26(20-12-8-5-9-13-20)23-24-18(2)21(22(28)27(23)17-25)15-19-10-6-4-7-11-19/h4-13H,3,14-17H2,1-2H3. The molecule has 0 unspecified atom stereocenters. The van der Waals surface area contributed by atoms with Crippen molar-refractivity contribution < 1.29 is 0 Å². The summed E-state index contributed by atoms with van der Waals surface area (Å²) >= 11 is 0. The molecule has 28 heavy (non-hydrogen) atoms. The van der Waals surface area contributed by atoms with E-state index in [1.54, 1.807) is 0 Å². The van der Waals surface area contributed by atoms with Gasteiger partial charge < -0.3 is 0 Å². The Morgan fingerprint density at radius 2 is 1.64 bits per heavy atom. The molecule has 5 nitrogen and oxygen atoms in total. The Balaban J connectivity index is 1.80. The first kappa shape index (κ1) is 18.4. The summed E-state index contributed by atoms with van der Waals surface area (Å²) in [5, 5.41) is 0. The number of nitrogens with zero attached hydrogens (tertiary/aromatic N) is 4. The van der Waals surface area contributed by atoms with Gasteiger partial charge in [0.2, 0.25) is 5.95 Å². The topological polar surface area (TPSA) is 41.4 Å². The summed E-state index contributed by atoms with van der Waals surface area (Å²) in [6.45, 7) is 6.38. The number of benzene rings is 2. The number of para-hydroxylation sites is 1. The number of anilines is 2. The second-order valence-electron chi connectivity index (χ2n) is 7.31. The molecule has 0 aliphatic carbocycles. The molecule has 1 aromatic heterocycles. The Kier molecular flexibility index (Phi) is 5.26. The molecule has 5 heteroatoms. The van der Waals surface area contributed by atoms with Gasteiger partial charge in [0.15, 0.2) is 0 Å². The Labute approximate surface area is 165 Å². The molecule has 0 radical (unpaired) electrons. The van der Waals surface area contributed by atoms with Gasteiger partial charge in [-0.05, 0) is 31.0 Å². The molecule has 0 atom stereocenters. The van der Waals surface area contributed by atoms with Crippen LogP contribution >= 0.6 is 0 Å². The molecule has 0 fully saturated rings. The highest BCUT2D eigenvalue weighted by Crippen LogP contribution is 2.27. The zero-order chi connectivity index (χ0) is 19.5. The fraction of sp³-hybridized carbons (Fsp3) is 0.304. The first-order valence-electron chi connectivity index (χ1n) is 9.86. The summed E-state index contributed by atoms with van der Waals surface area (Å²) in [6, 6.07) is 20.3. The van der Waals surface area contributed by atoms with Crippen LogP contribution in [0.5, 0.6) is 0 Å². The SMILES string of the molecule is CCCN1CN(c2ccccc2)c2nc(C)c(Cc3ccccc3)c(=O)n2C1. The molecular formula is C23H26N4O. The van der Waals surface area contributed by atoms with Crippen LogP contribution in [0.2, 0.25) is 0 Å². The van der Waals surface area contributed by atoms with Gasteiger partial charge in [-0.25, -0.2) is 4.98 Å². The van der Waals surface area contributed by atoms with Gasteiger partial charge >= 0.3 is 0 Å². The van der Waals surface area contributed by atoms with Crippen molar-refractivity contribution in [1.29, 1.82) is 0 Å². The molecule has 3 aromatic rings. The Hall–Kier alpha value is -2.92. The maximum absolute atomic E-state index is 13.4. The first-order valence-corrected chi connectivity index (χ1v) is 9.86. The minimum atomic E-state index is 0.0630. The molecule has 1 aliphatic rings. The molecule has 1 aliphatic heterocycles. The van der Waals surface area contributed by atoms with Gasteiger partial charge in [-0.2, -0.15) is 0 Å². The molecule has 144 valence electrons. The zero-order valence-corrected chi connectivity index (χ0v) is 16.5. The van der Waals surface area contributed by atoms with Crippen LogP contribution in [0, 0.1) is 6.92 Å². The summed E-state index contributed by atoms with van der Waals surface area (Å²) in [6.07, 6.45) is 1.65. The van der Waals surface area contributed by atoms with Crippen LogP contribution in [0.1, 0.15) is 30.2 Å². The van der Waals surface area contributed by atoms with Gasteiger partial charge in [0.25, 0.3) is 5.56 Å². The number of rotatable bonds is 5. The average molecular weight is 374 g/mol. The molecule has 0 saturated carbocycles. The summed E-state index contributed by atoms with van der Waals surface area (Å²) in [5.41, 5.74) is 3.84. The molecule has 2 heterocycles. The number of fused-ring (bicyclic) bond motifs is 1. The van der Waals surface area contributed by atoms with Gasteiger partial charge in [-0.15, -0.1) is 0 Å². The maximum Gasteiger partial charge on any atom is 0.259 e. The van der Waals surface area contributed by atoms with E-state index in [0.29, 0.717) is 13.1 Å². The van der Waals surface area contributed by atoms with Gasteiger partial charge in [-0.3, -0.25) is 19.2 Å². The summed E-state index contributed by atoms with van der Waals surface area (Å²) in [4.78, 5) is 22.8. The number of hydrogen-bond acceptors (Lipinski definition) is 4. The van der Waals surface area contributed by atoms with E-state index < -0.39 is 0 Å². The summed E-state index contributed by atoms with van der Waals surface area (Å²) in [5.74, 6) is 0.734. The zero-order valence-electron chi connectivity index (χ0n) is 16.5. The molecule has 2 aromatic carbocycles. The Morgan fingerprint density at radius 3 is 2.32 bits per heavy atom. The van der Waals surface area contributed by atoms with Gasteiger partial charge in [0, 0.05) is 24.2 Å². The summed E-state index contributed by atoms with van der Waals surface area (Å²) in [7, 11) is 0. The molecule has 0 spiro atoms. The van der Waals surface area contributed by atoms with Crippen molar-refractivity contribution >= 4 is 11.6 Å². The second-order valence-corrected chi connectivity index (χ2v) is 7.31. The van der Waals surface area contributed by atoms with Crippen LogP contribution in [0.15, 0.2) is 65.5 Å². The van der Waals surface area contributed by atoms with Crippen LogP contribution in [-0.4, -0.2) is 27.7 Å². The fourth-order valence-corrected chi connectivity index (χ4v) is 3.79. The minimum Gasteiger partial charge on any atom is -0.298 e. The largest absolute Gasteiger partial charge is 0.298 e. The van der Waals surface area contributed by atoms with Gasteiger partial charge in [0.1, 0.15) is 0 Å². The van der Waals surface area contributed by atoms with Crippen molar-refractivity contribution in [2.75, 3.05) is 18.1 Å². The lowest BCUT2D eigenvalue weighted by Gasteiger charge is -2.38. The predicted molar refractivity (Wildman–Crippen MR) is 113 cm³/mol. The first-order chi connectivity index (χ1) is 13.7. The number of aryl methyl sites for hydroxylation is 1. The van der Waals surface area contributed by atoms with E-state index in [2.05, 4.69) is 41.0 Å². The lowest BCUT2D eigenvalue weighted by Crippen LogP contribution is -2.48. The smallest absolute Gasteiger partial charge is 0.259 e. The molecule has 0 amide bonds. The highest BCUT2D eigenvalue weighted by atomic mass is 16.1. The van der Waals surface area contributed by atoms with Crippen molar-refractivity contribution in [3.8, 4) is 0 Å². The lowest BCUT2D eigenvalue weighted by molar-refractivity contribution is 0.198. The van der Waals surface area contributed by atoms with E-state index in [4.69, 9.17) is 4.98 Å². The molecule has 0 bridgehead atoms. The quantitative estimate of drug-likeness (QED) is 0.679. The van der Waals surface area contributed by atoms with Crippen LogP contribution in [0.4, 0.5) is 11.6 Å². The van der Waals surface area contributed by atoms with E-state index >= 15 is 0 Å². The molecule has 4 rings (SSSR count). The van der Waals surface area contributed by atoms with Crippen molar-refractivity contribution in [2.24, 2.45) is 0 Å². The normalized spacial score (nSPS) is 14.1. The molecular weight excluding hydrogens is 348 g/mol. The maximum atomic E-state index is 13.4. The second kappa shape index (κ2) is 7.98. The van der Waals surface area contributed by atoms with Crippen LogP contribution in [0.25, 0.3) is 0 Å². The van der Waals surface area contributed by atoms with E-state index in [1.165, 1.54) is 0 Å². The third kappa shape index (κ3) is 3.58. The molecule has 0 saturated heterocycles. The Bertz CT molecular complexity index is 998.